The van der Waals surface area contributed by atoms with Crippen molar-refractivity contribution in [2.75, 3.05) is 24.5 Å². The molecule has 94 valence electrons. The zero-order valence-electron chi connectivity index (χ0n) is 10.2. The number of hydrogen-bond acceptors (Lipinski definition) is 4. The topological polar surface area (TPSA) is 45.2 Å². The van der Waals surface area contributed by atoms with E-state index in [-0.39, 0.29) is 5.91 Å². The number of rotatable bonds is 4. The van der Waals surface area contributed by atoms with Crippen LogP contribution in [0, 0.1) is 5.92 Å². The third-order valence-electron chi connectivity index (χ3n) is 3.12. The van der Waals surface area contributed by atoms with E-state index in [1.165, 1.54) is 12.8 Å². The summed E-state index contributed by atoms with van der Waals surface area (Å²) in [6.07, 6.45) is 4.81. The Hall–Kier alpha value is -1.10. The quantitative estimate of drug-likeness (QED) is 0.891. The number of anilines is 1. The Morgan fingerprint density at radius 3 is 3.29 bits per heavy atom. The van der Waals surface area contributed by atoms with Gasteiger partial charge in [0, 0.05) is 37.6 Å². The molecule has 1 fully saturated rings. The molecule has 1 atom stereocenters. The molecule has 0 spiro atoms. The first-order valence-corrected chi connectivity index (χ1v) is 7.08. The van der Waals surface area contributed by atoms with Crippen LogP contribution in [0.1, 0.15) is 26.2 Å². The van der Waals surface area contributed by atoms with E-state index in [1.807, 2.05) is 18.5 Å². The smallest absolute Gasteiger partial charge is 0.219 e. The summed E-state index contributed by atoms with van der Waals surface area (Å²) in [5, 5.41) is 6.10. The summed E-state index contributed by atoms with van der Waals surface area (Å²) >= 11 is 1.69. The molecule has 1 amide bonds. The largest absolute Gasteiger partial charge is 0.356 e. The van der Waals surface area contributed by atoms with E-state index in [9.17, 15) is 4.79 Å². The minimum absolute atomic E-state index is 0.149. The van der Waals surface area contributed by atoms with Crippen molar-refractivity contribution in [2.45, 2.75) is 26.2 Å². The minimum Gasteiger partial charge on any atom is -0.356 e. The summed E-state index contributed by atoms with van der Waals surface area (Å²) < 4.78 is 0. The molecule has 0 saturated carbocycles. The SMILES string of the molecule is CCC(=O)NCC1CCCN(c2nccs2)C1. The molecule has 1 unspecified atom stereocenters. The lowest BCUT2D eigenvalue weighted by atomic mass is 9.98. The van der Waals surface area contributed by atoms with E-state index in [1.54, 1.807) is 11.3 Å². The van der Waals surface area contributed by atoms with Crippen molar-refractivity contribution in [3.63, 3.8) is 0 Å². The van der Waals surface area contributed by atoms with Crippen LogP contribution in [0.4, 0.5) is 5.13 Å². The van der Waals surface area contributed by atoms with Gasteiger partial charge < -0.3 is 10.2 Å². The van der Waals surface area contributed by atoms with Crippen LogP contribution < -0.4 is 10.2 Å². The van der Waals surface area contributed by atoms with Gasteiger partial charge in [0.05, 0.1) is 0 Å². The Bertz CT molecular complexity index is 353. The number of nitrogens with zero attached hydrogens (tertiary/aromatic N) is 2. The molecule has 1 aromatic heterocycles. The normalized spacial score (nSPS) is 20.3. The van der Waals surface area contributed by atoms with Gasteiger partial charge in [0.2, 0.25) is 5.91 Å². The lowest BCUT2D eigenvalue weighted by Gasteiger charge is -2.32. The number of carbonyl (C=O) groups is 1. The summed E-state index contributed by atoms with van der Waals surface area (Å²) in [5.41, 5.74) is 0. The van der Waals surface area contributed by atoms with Gasteiger partial charge in [-0.3, -0.25) is 4.79 Å². The molecule has 17 heavy (non-hydrogen) atoms. The maximum Gasteiger partial charge on any atom is 0.219 e. The summed E-state index contributed by atoms with van der Waals surface area (Å²) in [5.74, 6) is 0.708. The van der Waals surface area contributed by atoms with Crippen molar-refractivity contribution in [3.8, 4) is 0 Å². The molecule has 1 saturated heterocycles. The van der Waals surface area contributed by atoms with E-state index < -0.39 is 0 Å². The molecule has 1 N–H and O–H groups in total. The number of amides is 1. The molecule has 2 heterocycles. The minimum atomic E-state index is 0.149. The molecule has 1 aromatic rings. The molecule has 0 radical (unpaired) electrons. The van der Waals surface area contributed by atoms with Crippen molar-refractivity contribution in [2.24, 2.45) is 5.92 Å². The van der Waals surface area contributed by atoms with Gasteiger partial charge in [-0.25, -0.2) is 4.98 Å². The Labute approximate surface area is 106 Å². The second-order valence-electron chi connectivity index (χ2n) is 4.43. The van der Waals surface area contributed by atoms with Crippen molar-refractivity contribution in [3.05, 3.63) is 11.6 Å². The van der Waals surface area contributed by atoms with E-state index in [0.29, 0.717) is 12.3 Å². The highest BCUT2D eigenvalue weighted by molar-refractivity contribution is 7.13. The lowest BCUT2D eigenvalue weighted by molar-refractivity contribution is -0.120. The third kappa shape index (κ3) is 3.43. The molecule has 5 heteroatoms. The van der Waals surface area contributed by atoms with Gasteiger partial charge in [-0.15, -0.1) is 11.3 Å². The van der Waals surface area contributed by atoms with Crippen LogP contribution >= 0.6 is 11.3 Å². The lowest BCUT2D eigenvalue weighted by Crippen LogP contribution is -2.40. The zero-order chi connectivity index (χ0) is 12.1. The Kier molecular flexibility index (Phi) is 4.36. The molecule has 4 nitrogen and oxygen atoms in total. The van der Waals surface area contributed by atoms with Gasteiger partial charge >= 0.3 is 0 Å². The van der Waals surface area contributed by atoms with Crippen molar-refractivity contribution < 1.29 is 4.79 Å². The van der Waals surface area contributed by atoms with Crippen LogP contribution in [0.2, 0.25) is 0 Å². The molecular weight excluding hydrogens is 234 g/mol. The molecule has 1 aliphatic rings. The number of carbonyl (C=O) groups excluding carboxylic acids is 1. The highest BCUT2D eigenvalue weighted by atomic mass is 32.1. The number of nitrogens with one attached hydrogen (secondary N) is 1. The maximum atomic E-state index is 11.2. The van der Waals surface area contributed by atoms with Gasteiger partial charge in [-0.05, 0) is 18.8 Å². The van der Waals surface area contributed by atoms with Crippen LogP contribution in [-0.4, -0.2) is 30.5 Å². The van der Waals surface area contributed by atoms with Gasteiger partial charge in [0.15, 0.2) is 5.13 Å². The van der Waals surface area contributed by atoms with Gasteiger partial charge in [0.25, 0.3) is 0 Å². The molecule has 0 bridgehead atoms. The fraction of sp³-hybridized carbons (Fsp3) is 0.667. The molecule has 2 rings (SSSR count). The number of hydrogen-bond donors (Lipinski definition) is 1. The number of piperidine rings is 1. The summed E-state index contributed by atoms with van der Waals surface area (Å²) in [7, 11) is 0. The average Bonchev–Trinajstić information content (AvgIpc) is 2.90. The van der Waals surface area contributed by atoms with Crippen LogP contribution in [0.25, 0.3) is 0 Å². The maximum absolute atomic E-state index is 11.2. The fourth-order valence-electron chi connectivity index (χ4n) is 2.16. The van der Waals surface area contributed by atoms with Crippen molar-refractivity contribution >= 4 is 22.4 Å². The predicted octanol–water partition coefficient (Wildman–Crippen LogP) is 1.89. The molecule has 0 aliphatic carbocycles. The highest BCUT2D eigenvalue weighted by Crippen LogP contribution is 2.24. The monoisotopic (exact) mass is 253 g/mol. The van der Waals surface area contributed by atoms with Crippen LogP contribution in [0.15, 0.2) is 11.6 Å². The second kappa shape index (κ2) is 6.00. The molecular formula is C12H19N3OS. The van der Waals surface area contributed by atoms with Crippen LogP contribution in [-0.2, 0) is 4.79 Å². The average molecular weight is 253 g/mol. The Morgan fingerprint density at radius 1 is 1.71 bits per heavy atom. The van der Waals surface area contributed by atoms with E-state index in [4.69, 9.17) is 0 Å². The standard InChI is InChI=1S/C12H19N3OS/c1-2-11(16)14-8-10-4-3-6-15(9-10)12-13-5-7-17-12/h5,7,10H,2-4,6,8-9H2,1H3,(H,14,16). The van der Waals surface area contributed by atoms with E-state index in [0.717, 1.165) is 24.8 Å². The fourth-order valence-corrected chi connectivity index (χ4v) is 2.84. The van der Waals surface area contributed by atoms with Gasteiger partial charge in [-0.1, -0.05) is 6.92 Å². The molecule has 0 aromatic carbocycles. The number of aromatic nitrogens is 1. The highest BCUT2D eigenvalue weighted by Gasteiger charge is 2.21. The van der Waals surface area contributed by atoms with Gasteiger partial charge in [0.1, 0.15) is 0 Å². The second-order valence-corrected chi connectivity index (χ2v) is 5.30. The van der Waals surface area contributed by atoms with Crippen LogP contribution in [0.5, 0.6) is 0 Å². The van der Waals surface area contributed by atoms with Crippen LogP contribution in [0.3, 0.4) is 0 Å². The first-order valence-electron chi connectivity index (χ1n) is 6.20. The number of thiazole rings is 1. The Balaban J connectivity index is 1.83. The van der Waals surface area contributed by atoms with E-state index in [2.05, 4.69) is 15.2 Å². The summed E-state index contributed by atoms with van der Waals surface area (Å²) in [6.45, 7) is 4.79. The van der Waals surface area contributed by atoms with E-state index >= 15 is 0 Å². The molecule has 1 aliphatic heterocycles. The Morgan fingerprint density at radius 2 is 2.59 bits per heavy atom. The van der Waals surface area contributed by atoms with Crippen molar-refractivity contribution in [1.82, 2.24) is 10.3 Å². The van der Waals surface area contributed by atoms with Crippen molar-refractivity contribution in [1.29, 1.82) is 0 Å². The first-order chi connectivity index (χ1) is 8.29. The first kappa shape index (κ1) is 12.4. The third-order valence-corrected chi connectivity index (χ3v) is 3.95. The summed E-state index contributed by atoms with van der Waals surface area (Å²) in [6, 6.07) is 0. The van der Waals surface area contributed by atoms with Gasteiger partial charge in [-0.2, -0.15) is 0 Å². The zero-order valence-corrected chi connectivity index (χ0v) is 11.0. The predicted molar refractivity (Wildman–Crippen MR) is 70.4 cm³/mol. The summed E-state index contributed by atoms with van der Waals surface area (Å²) in [4.78, 5) is 17.9.